The molecule has 0 bridgehead atoms. The molecule has 0 radical (unpaired) electrons. The first-order valence-corrected chi connectivity index (χ1v) is 8.50. The number of benzene rings is 1. The average molecular weight is 302 g/mol. The Morgan fingerprint density at radius 3 is 2.76 bits per heavy atom. The molecule has 1 fully saturated rings. The van der Waals surface area contributed by atoms with E-state index >= 15 is 0 Å². The first-order valence-electron chi connectivity index (χ1n) is 7.73. The number of hydrogen-bond donors (Lipinski definition) is 0. The molecule has 2 heterocycles. The molecule has 0 aliphatic carbocycles. The molecule has 1 aliphatic rings. The summed E-state index contributed by atoms with van der Waals surface area (Å²) < 4.78 is 4.52. The van der Waals surface area contributed by atoms with Crippen LogP contribution < -0.4 is 4.90 Å². The van der Waals surface area contributed by atoms with Crippen molar-refractivity contribution in [1.29, 1.82) is 0 Å². The Hall–Kier alpha value is -1.46. The molecule has 112 valence electrons. The third kappa shape index (κ3) is 3.60. The van der Waals surface area contributed by atoms with E-state index < -0.39 is 0 Å². The number of nitrogens with zero attached hydrogens (tertiary/aromatic N) is 4. The van der Waals surface area contributed by atoms with E-state index in [0.717, 1.165) is 36.2 Å². The van der Waals surface area contributed by atoms with Gasteiger partial charge in [-0.25, -0.2) is 0 Å². The number of rotatable bonds is 4. The standard InChI is InChI=1S/C16H22N4S/c1-2-9-19-10-6-11-20(13-12-19)16-17-15(18-21-16)14-7-4-3-5-8-14/h3-5,7-8H,2,6,9-13H2,1H3. The molecule has 0 spiro atoms. The zero-order valence-electron chi connectivity index (χ0n) is 12.5. The molecule has 21 heavy (non-hydrogen) atoms. The van der Waals surface area contributed by atoms with Gasteiger partial charge in [-0.3, -0.25) is 0 Å². The first-order chi connectivity index (χ1) is 10.4. The maximum atomic E-state index is 4.73. The lowest BCUT2D eigenvalue weighted by Gasteiger charge is -2.20. The van der Waals surface area contributed by atoms with Crippen LogP contribution in [0.25, 0.3) is 11.4 Å². The van der Waals surface area contributed by atoms with E-state index in [9.17, 15) is 0 Å². The van der Waals surface area contributed by atoms with E-state index in [4.69, 9.17) is 4.98 Å². The van der Waals surface area contributed by atoms with Crippen molar-refractivity contribution in [2.75, 3.05) is 37.6 Å². The SMILES string of the molecule is CCCN1CCCN(c2nc(-c3ccccc3)ns2)CC1. The average Bonchev–Trinajstić information content (AvgIpc) is 2.90. The number of anilines is 1. The van der Waals surface area contributed by atoms with Gasteiger partial charge < -0.3 is 9.80 Å². The Kier molecular flexibility index (Phi) is 4.83. The summed E-state index contributed by atoms with van der Waals surface area (Å²) in [5, 5.41) is 1.06. The Morgan fingerprint density at radius 2 is 1.95 bits per heavy atom. The quantitative estimate of drug-likeness (QED) is 0.868. The fourth-order valence-electron chi connectivity index (χ4n) is 2.75. The van der Waals surface area contributed by atoms with E-state index in [1.807, 2.05) is 18.2 Å². The minimum absolute atomic E-state index is 0.852. The second-order valence-corrected chi connectivity index (χ2v) is 6.18. The molecule has 0 atom stereocenters. The Morgan fingerprint density at radius 1 is 1.10 bits per heavy atom. The molecule has 1 saturated heterocycles. The lowest BCUT2D eigenvalue weighted by atomic mass is 10.2. The van der Waals surface area contributed by atoms with Crippen molar-refractivity contribution in [1.82, 2.24) is 14.3 Å². The smallest absolute Gasteiger partial charge is 0.205 e. The van der Waals surface area contributed by atoms with Crippen molar-refractivity contribution in [3.05, 3.63) is 30.3 Å². The van der Waals surface area contributed by atoms with Gasteiger partial charge in [0.1, 0.15) is 0 Å². The van der Waals surface area contributed by atoms with Gasteiger partial charge in [0.15, 0.2) is 5.82 Å². The maximum Gasteiger partial charge on any atom is 0.205 e. The molecule has 1 aromatic carbocycles. The molecular formula is C16H22N4S. The lowest BCUT2D eigenvalue weighted by molar-refractivity contribution is 0.294. The summed E-state index contributed by atoms with van der Waals surface area (Å²) in [5.41, 5.74) is 1.10. The van der Waals surface area contributed by atoms with Crippen LogP contribution in [0.4, 0.5) is 5.13 Å². The van der Waals surface area contributed by atoms with Crippen LogP contribution in [0.1, 0.15) is 19.8 Å². The molecule has 1 aromatic heterocycles. The van der Waals surface area contributed by atoms with Crippen molar-refractivity contribution in [2.24, 2.45) is 0 Å². The number of hydrogen-bond acceptors (Lipinski definition) is 5. The van der Waals surface area contributed by atoms with Crippen molar-refractivity contribution in [2.45, 2.75) is 19.8 Å². The second-order valence-electron chi connectivity index (χ2n) is 5.45. The lowest BCUT2D eigenvalue weighted by Crippen LogP contribution is -2.31. The largest absolute Gasteiger partial charge is 0.346 e. The van der Waals surface area contributed by atoms with Gasteiger partial charge in [-0.15, -0.1) is 0 Å². The van der Waals surface area contributed by atoms with Crippen LogP contribution in [0.5, 0.6) is 0 Å². The van der Waals surface area contributed by atoms with Crippen molar-refractivity contribution >= 4 is 16.7 Å². The highest BCUT2D eigenvalue weighted by atomic mass is 32.1. The monoisotopic (exact) mass is 302 g/mol. The molecule has 4 nitrogen and oxygen atoms in total. The predicted octanol–water partition coefficient (Wildman–Crippen LogP) is 3.13. The predicted molar refractivity (Wildman–Crippen MR) is 88.9 cm³/mol. The summed E-state index contributed by atoms with van der Waals surface area (Å²) in [6.45, 7) is 7.94. The minimum atomic E-state index is 0.852. The van der Waals surface area contributed by atoms with Crippen LogP contribution in [0.3, 0.4) is 0 Å². The van der Waals surface area contributed by atoms with E-state index in [2.05, 4.69) is 33.2 Å². The molecule has 0 unspecified atom stereocenters. The van der Waals surface area contributed by atoms with Crippen LogP contribution in [0, 0.1) is 0 Å². The molecule has 0 amide bonds. The van der Waals surface area contributed by atoms with E-state index in [0.29, 0.717) is 0 Å². The molecular weight excluding hydrogens is 280 g/mol. The second kappa shape index (κ2) is 7.00. The Balaban J connectivity index is 1.69. The Bertz CT molecular complexity index is 554. The summed E-state index contributed by atoms with van der Waals surface area (Å²) in [6.07, 6.45) is 2.44. The van der Waals surface area contributed by atoms with E-state index in [1.54, 1.807) is 0 Å². The normalized spacial score (nSPS) is 16.9. The molecule has 1 aliphatic heterocycles. The van der Waals surface area contributed by atoms with Crippen LogP contribution in [0.15, 0.2) is 30.3 Å². The fourth-order valence-corrected chi connectivity index (χ4v) is 3.49. The van der Waals surface area contributed by atoms with Crippen LogP contribution >= 0.6 is 11.5 Å². The first kappa shape index (κ1) is 14.5. The highest BCUT2D eigenvalue weighted by Gasteiger charge is 2.18. The molecule has 0 N–H and O–H groups in total. The summed E-state index contributed by atoms with van der Waals surface area (Å²) in [5.74, 6) is 0.852. The van der Waals surface area contributed by atoms with E-state index in [1.165, 1.54) is 37.5 Å². The van der Waals surface area contributed by atoms with Crippen molar-refractivity contribution in [3.8, 4) is 11.4 Å². The highest BCUT2D eigenvalue weighted by Crippen LogP contribution is 2.24. The minimum Gasteiger partial charge on any atom is -0.346 e. The van der Waals surface area contributed by atoms with Gasteiger partial charge in [-0.1, -0.05) is 37.3 Å². The Labute approximate surface area is 130 Å². The zero-order valence-corrected chi connectivity index (χ0v) is 13.4. The van der Waals surface area contributed by atoms with E-state index in [-0.39, 0.29) is 0 Å². The van der Waals surface area contributed by atoms with Gasteiger partial charge >= 0.3 is 0 Å². The number of aromatic nitrogens is 2. The van der Waals surface area contributed by atoms with Crippen LogP contribution in [-0.2, 0) is 0 Å². The summed E-state index contributed by atoms with van der Waals surface area (Å²) in [7, 11) is 0. The molecule has 3 rings (SSSR count). The zero-order chi connectivity index (χ0) is 14.5. The molecule has 0 saturated carbocycles. The van der Waals surface area contributed by atoms with Gasteiger partial charge in [0.05, 0.1) is 0 Å². The van der Waals surface area contributed by atoms with Crippen molar-refractivity contribution < 1.29 is 0 Å². The summed E-state index contributed by atoms with van der Waals surface area (Å²) in [6, 6.07) is 10.2. The highest BCUT2D eigenvalue weighted by molar-refractivity contribution is 7.09. The fraction of sp³-hybridized carbons (Fsp3) is 0.500. The van der Waals surface area contributed by atoms with Gasteiger partial charge in [0.2, 0.25) is 5.13 Å². The van der Waals surface area contributed by atoms with Gasteiger partial charge in [-0.05, 0) is 25.9 Å². The molecule has 2 aromatic rings. The molecule has 5 heteroatoms. The summed E-state index contributed by atoms with van der Waals surface area (Å²) in [4.78, 5) is 9.68. The van der Waals surface area contributed by atoms with Gasteiger partial charge in [0, 0.05) is 36.7 Å². The third-order valence-corrected chi connectivity index (χ3v) is 4.62. The van der Waals surface area contributed by atoms with Gasteiger partial charge in [0.25, 0.3) is 0 Å². The summed E-state index contributed by atoms with van der Waals surface area (Å²) >= 11 is 1.52. The van der Waals surface area contributed by atoms with Gasteiger partial charge in [-0.2, -0.15) is 9.36 Å². The maximum absolute atomic E-state index is 4.73. The van der Waals surface area contributed by atoms with Crippen molar-refractivity contribution in [3.63, 3.8) is 0 Å². The third-order valence-electron chi connectivity index (χ3n) is 3.85. The van der Waals surface area contributed by atoms with Crippen LogP contribution in [0.2, 0.25) is 0 Å². The topological polar surface area (TPSA) is 32.3 Å². The van der Waals surface area contributed by atoms with Crippen LogP contribution in [-0.4, -0.2) is 47.0 Å².